The van der Waals surface area contributed by atoms with Crippen molar-refractivity contribution in [2.24, 2.45) is 11.7 Å². The van der Waals surface area contributed by atoms with Gasteiger partial charge in [-0.1, -0.05) is 0 Å². The van der Waals surface area contributed by atoms with Crippen LogP contribution < -0.4 is 5.73 Å². The predicted octanol–water partition coefficient (Wildman–Crippen LogP) is 1.45. The number of hydrogen-bond acceptors (Lipinski definition) is 3. The molecule has 11 heavy (non-hydrogen) atoms. The van der Waals surface area contributed by atoms with Gasteiger partial charge in [0.05, 0.1) is 12.5 Å². The summed E-state index contributed by atoms with van der Waals surface area (Å²) >= 11 is 1.85. The third-order valence-electron chi connectivity index (χ3n) is 1.71. The molecule has 66 valence electrons. The number of hydrogen-bond donors (Lipinski definition) is 1. The average molecular weight is 175 g/mol. The minimum Gasteiger partial charge on any atom is -0.371 e. The van der Waals surface area contributed by atoms with Crippen LogP contribution in [0.1, 0.15) is 19.3 Å². The SMILES string of the molecule is NCCCSCOCC1CC1. The molecular weight excluding hydrogens is 158 g/mol. The molecule has 0 amide bonds. The Morgan fingerprint density at radius 1 is 1.45 bits per heavy atom. The zero-order valence-corrected chi connectivity index (χ0v) is 7.74. The van der Waals surface area contributed by atoms with Gasteiger partial charge in [-0.15, -0.1) is 11.8 Å². The molecule has 0 radical (unpaired) electrons. The van der Waals surface area contributed by atoms with Crippen LogP contribution >= 0.6 is 11.8 Å². The minimum absolute atomic E-state index is 0.801. The van der Waals surface area contributed by atoms with Gasteiger partial charge in [-0.05, 0) is 37.5 Å². The Morgan fingerprint density at radius 3 is 2.91 bits per heavy atom. The molecule has 1 rings (SSSR count). The number of rotatable bonds is 7. The molecule has 0 unspecified atom stereocenters. The van der Waals surface area contributed by atoms with E-state index in [0.29, 0.717) is 0 Å². The maximum atomic E-state index is 5.43. The highest BCUT2D eigenvalue weighted by Crippen LogP contribution is 2.28. The van der Waals surface area contributed by atoms with E-state index in [4.69, 9.17) is 10.5 Å². The predicted molar refractivity (Wildman–Crippen MR) is 49.7 cm³/mol. The zero-order chi connectivity index (χ0) is 7.94. The van der Waals surface area contributed by atoms with Crippen molar-refractivity contribution in [1.29, 1.82) is 0 Å². The first-order valence-electron chi connectivity index (χ1n) is 4.29. The quantitative estimate of drug-likeness (QED) is 0.470. The molecule has 2 N–H and O–H groups in total. The van der Waals surface area contributed by atoms with E-state index >= 15 is 0 Å². The number of thioether (sulfide) groups is 1. The largest absolute Gasteiger partial charge is 0.371 e. The molecule has 0 aromatic rings. The zero-order valence-electron chi connectivity index (χ0n) is 6.92. The second kappa shape index (κ2) is 5.86. The molecule has 0 spiro atoms. The summed E-state index contributed by atoms with van der Waals surface area (Å²) in [4.78, 5) is 0. The standard InChI is InChI=1S/C8H17NOS/c9-4-1-5-11-7-10-6-8-2-3-8/h8H,1-7,9H2. The maximum Gasteiger partial charge on any atom is 0.0921 e. The summed E-state index contributed by atoms with van der Waals surface area (Å²) in [6.07, 6.45) is 3.87. The molecule has 0 atom stereocenters. The van der Waals surface area contributed by atoms with Crippen molar-refractivity contribution in [3.05, 3.63) is 0 Å². The van der Waals surface area contributed by atoms with Crippen molar-refractivity contribution in [3.8, 4) is 0 Å². The van der Waals surface area contributed by atoms with Gasteiger partial charge in [-0.3, -0.25) is 0 Å². The third-order valence-corrected chi connectivity index (χ3v) is 2.62. The topological polar surface area (TPSA) is 35.2 Å². The van der Waals surface area contributed by atoms with E-state index in [9.17, 15) is 0 Å². The smallest absolute Gasteiger partial charge is 0.0921 e. The van der Waals surface area contributed by atoms with Gasteiger partial charge < -0.3 is 10.5 Å². The van der Waals surface area contributed by atoms with E-state index in [1.165, 1.54) is 12.8 Å². The first kappa shape index (κ1) is 9.36. The Labute approximate surface area is 72.9 Å². The highest BCUT2D eigenvalue weighted by molar-refractivity contribution is 7.99. The molecule has 0 aromatic heterocycles. The lowest BCUT2D eigenvalue weighted by Crippen LogP contribution is -2.01. The third kappa shape index (κ3) is 5.53. The molecule has 1 fully saturated rings. The highest BCUT2D eigenvalue weighted by Gasteiger charge is 2.20. The first-order chi connectivity index (χ1) is 5.43. The molecular formula is C8H17NOS. The lowest BCUT2D eigenvalue weighted by atomic mass is 10.5. The van der Waals surface area contributed by atoms with Gasteiger partial charge in [0.2, 0.25) is 0 Å². The van der Waals surface area contributed by atoms with Crippen LogP contribution in [0.4, 0.5) is 0 Å². The average Bonchev–Trinajstić information content (AvgIpc) is 2.80. The van der Waals surface area contributed by atoms with Gasteiger partial charge in [-0.2, -0.15) is 0 Å². The van der Waals surface area contributed by atoms with Gasteiger partial charge in [0, 0.05) is 0 Å². The molecule has 0 aromatic carbocycles. The molecule has 0 aliphatic heterocycles. The van der Waals surface area contributed by atoms with E-state index in [1.54, 1.807) is 0 Å². The van der Waals surface area contributed by atoms with E-state index in [0.717, 1.165) is 37.2 Å². The summed E-state index contributed by atoms with van der Waals surface area (Å²) in [6.45, 7) is 1.78. The van der Waals surface area contributed by atoms with Crippen LogP contribution in [0.5, 0.6) is 0 Å². The molecule has 1 saturated carbocycles. The van der Waals surface area contributed by atoms with Crippen LogP contribution in [0.25, 0.3) is 0 Å². The second-order valence-corrected chi connectivity index (χ2v) is 4.03. The van der Waals surface area contributed by atoms with Crippen molar-refractivity contribution in [2.45, 2.75) is 19.3 Å². The fourth-order valence-corrected chi connectivity index (χ4v) is 1.51. The van der Waals surface area contributed by atoms with Crippen molar-refractivity contribution in [2.75, 3.05) is 24.8 Å². The lowest BCUT2D eigenvalue weighted by Gasteiger charge is -2.01. The van der Waals surface area contributed by atoms with Crippen molar-refractivity contribution in [3.63, 3.8) is 0 Å². The lowest BCUT2D eigenvalue weighted by molar-refractivity contribution is 0.171. The fourth-order valence-electron chi connectivity index (χ4n) is 0.803. The Hall–Kier alpha value is 0.270. The summed E-state index contributed by atoms with van der Waals surface area (Å²) in [6, 6.07) is 0. The van der Waals surface area contributed by atoms with Crippen molar-refractivity contribution in [1.82, 2.24) is 0 Å². The van der Waals surface area contributed by atoms with Gasteiger partial charge in [-0.25, -0.2) is 0 Å². The monoisotopic (exact) mass is 175 g/mol. The summed E-state index contributed by atoms with van der Waals surface area (Å²) in [5.74, 6) is 2.89. The van der Waals surface area contributed by atoms with Crippen LogP contribution in [0.3, 0.4) is 0 Å². The molecule has 0 bridgehead atoms. The van der Waals surface area contributed by atoms with E-state index < -0.39 is 0 Å². The Morgan fingerprint density at radius 2 is 2.27 bits per heavy atom. The van der Waals surface area contributed by atoms with E-state index in [-0.39, 0.29) is 0 Å². The molecule has 1 aliphatic rings. The van der Waals surface area contributed by atoms with Crippen LogP contribution in [0.2, 0.25) is 0 Å². The summed E-state index contributed by atoms with van der Waals surface area (Å²) < 4.78 is 5.43. The van der Waals surface area contributed by atoms with E-state index in [1.807, 2.05) is 11.8 Å². The van der Waals surface area contributed by atoms with Crippen molar-refractivity contribution >= 4 is 11.8 Å². The van der Waals surface area contributed by atoms with Gasteiger partial charge in [0.1, 0.15) is 0 Å². The summed E-state index contributed by atoms with van der Waals surface area (Å²) in [5.41, 5.74) is 5.35. The van der Waals surface area contributed by atoms with Gasteiger partial charge >= 0.3 is 0 Å². The minimum atomic E-state index is 0.801. The van der Waals surface area contributed by atoms with Crippen LogP contribution in [-0.4, -0.2) is 24.8 Å². The maximum absolute atomic E-state index is 5.43. The van der Waals surface area contributed by atoms with Crippen LogP contribution in [0.15, 0.2) is 0 Å². The van der Waals surface area contributed by atoms with E-state index in [2.05, 4.69) is 0 Å². The molecule has 2 nitrogen and oxygen atoms in total. The Balaban J connectivity index is 1.66. The molecule has 3 heteroatoms. The highest BCUT2D eigenvalue weighted by atomic mass is 32.2. The molecule has 0 saturated heterocycles. The fraction of sp³-hybridized carbons (Fsp3) is 1.00. The van der Waals surface area contributed by atoms with Gasteiger partial charge in [0.25, 0.3) is 0 Å². The van der Waals surface area contributed by atoms with Crippen molar-refractivity contribution < 1.29 is 4.74 Å². The van der Waals surface area contributed by atoms with Crippen LogP contribution in [-0.2, 0) is 4.74 Å². The second-order valence-electron chi connectivity index (χ2n) is 2.98. The number of ether oxygens (including phenoxy) is 1. The Kier molecular flexibility index (Phi) is 4.99. The molecule has 0 heterocycles. The van der Waals surface area contributed by atoms with Gasteiger partial charge in [0.15, 0.2) is 0 Å². The molecule has 1 aliphatic carbocycles. The normalized spacial score (nSPS) is 17.2. The van der Waals surface area contributed by atoms with Crippen LogP contribution in [0, 0.1) is 5.92 Å². The summed E-state index contributed by atoms with van der Waals surface area (Å²) in [7, 11) is 0. The Bertz CT molecular complexity index is 96.1. The first-order valence-corrected chi connectivity index (χ1v) is 5.44. The number of nitrogens with two attached hydrogens (primary N) is 1. The summed E-state index contributed by atoms with van der Waals surface area (Å²) in [5, 5.41) is 0.